The van der Waals surface area contributed by atoms with Crippen LogP contribution in [0.25, 0.3) is 11.4 Å². The van der Waals surface area contributed by atoms with Crippen LogP contribution in [0.1, 0.15) is 17.3 Å². The maximum absolute atomic E-state index is 12.3. The van der Waals surface area contributed by atoms with E-state index in [4.69, 9.17) is 5.73 Å². The molecule has 0 aliphatic heterocycles. The number of carbonyl (C=O) groups excluding carboxylic acids is 2. The van der Waals surface area contributed by atoms with Crippen LogP contribution in [0, 0.1) is 0 Å². The summed E-state index contributed by atoms with van der Waals surface area (Å²) < 4.78 is 0. The molecular weight excluding hydrogens is 352 g/mol. The fourth-order valence-corrected chi connectivity index (χ4v) is 2.84. The van der Waals surface area contributed by atoms with E-state index in [-0.39, 0.29) is 5.91 Å². The molecule has 8 nitrogen and oxygen atoms in total. The Balaban J connectivity index is 1.61. The number of aromatic nitrogens is 4. The molecule has 4 N–H and O–H groups in total. The Morgan fingerprint density at radius 3 is 2.50 bits per heavy atom. The molecule has 2 aromatic heterocycles. The standard InChI is InChI=1S/C17H16N6O2S/c1-10(16(25)20-13-4-2-11(3-5-13)14(18)24)26-17-21-15(22-23-17)12-6-8-19-9-7-12/h2-10H,1H3,(H2,18,24)(H,20,25)(H,21,22,23)/t10-/m0/s1. The van der Waals surface area contributed by atoms with Crippen LogP contribution < -0.4 is 11.1 Å². The quantitative estimate of drug-likeness (QED) is 0.572. The summed E-state index contributed by atoms with van der Waals surface area (Å²) in [4.78, 5) is 31.7. The smallest absolute Gasteiger partial charge is 0.248 e. The van der Waals surface area contributed by atoms with Crippen molar-refractivity contribution in [2.24, 2.45) is 5.73 Å². The van der Waals surface area contributed by atoms with E-state index in [2.05, 4.69) is 25.5 Å². The molecule has 0 saturated carbocycles. The van der Waals surface area contributed by atoms with Crippen molar-refractivity contribution in [2.45, 2.75) is 17.3 Å². The molecule has 3 rings (SSSR count). The van der Waals surface area contributed by atoms with Gasteiger partial charge in [-0.25, -0.2) is 4.98 Å². The van der Waals surface area contributed by atoms with Gasteiger partial charge in [-0.3, -0.25) is 19.7 Å². The molecule has 0 bridgehead atoms. The fraction of sp³-hybridized carbons (Fsp3) is 0.118. The van der Waals surface area contributed by atoms with Gasteiger partial charge in [-0.05, 0) is 43.3 Å². The van der Waals surface area contributed by atoms with Crippen molar-refractivity contribution in [3.05, 3.63) is 54.4 Å². The van der Waals surface area contributed by atoms with E-state index in [1.807, 2.05) is 12.1 Å². The Kier molecular flexibility index (Phi) is 5.28. The van der Waals surface area contributed by atoms with Crippen LogP contribution in [-0.4, -0.2) is 37.2 Å². The number of carbonyl (C=O) groups is 2. The van der Waals surface area contributed by atoms with E-state index in [0.29, 0.717) is 22.2 Å². The largest absolute Gasteiger partial charge is 0.366 e. The molecule has 1 aromatic carbocycles. The third-order valence-electron chi connectivity index (χ3n) is 3.51. The molecule has 0 aliphatic rings. The Morgan fingerprint density at radius 1 is 1.15 bits per heavy atom. The second-order valence-corrected chi connectivity index (χ2v) is 6.70. The lowest BCUT2D eigenvalue weighted by molar-refractivity contribution is -0.115. The minimum absolute atomic E-state index is 0.197. The second-order valence-electron chi connectivity index (χ2n) is 5.39. The topological polar surface area (TPSA) is 127 Å². The number of rotatable bonds is 6. The SMILES string of the molecule is C[C@H](Sc1n[nH]c(-c2ccncc2)n1)C(=O)Nc1ccc(C(N)=O)cc1. The lowest BCUT2D eigenvalue weighted by Gasteiger charge is -2.10. The Bertz CT molecular complexity index is 911. The van der Waals surface area contributed by atoms with Crippen LogP contribution in [0.15, 0.2) is 53.9 Å². The lowest BCUT2D eigenvalue weighted by Crippen LogP contribution is -2.22. The number of thioether (sulfide) groups is 1. The van der Waals surface area contributed by atoms with Crippen molar-refractivity contribution >= 4 is 29.3 Å². The summed E-state index contributed by atoms with van der Waals surface area (Å²) in [5, 5.41) is 9.82. The van der Waals surface area contributed by atoms with Crippen molar-refractivity contribution in [3.63, 3.8) is 0 Å². The summed E-state index contributed by atoms with van der Waals surface area (Å²) in [6, 6.07) is 10.0. The summed E-state index contributed by atoms with van der Waals surface area (Å²) in [6.07, 6.45) is 3.34. The van der Waals surface area contributed by atoms with Gasteiger partial charge in [-0.1, -0.05) is 11.8 Å². The first-order valence-electron chi connectivity index (χ1n) is 7.73. The predicted molar refractivity (Wildman–Crippen MR) is 98.5 cm³/mol. The van der Waals surface area contributed by atoms with E-state index in [9.17, 15) is 9.59 Å². The van der Waals surface area contributed by atoms with E-state index < -0.39 is 11.2 Å². The van der Waals surface area contributed by atoms with Crippen molar-refractivity contribution in [3.8, 4) is 11.4 Å². The van der Waals surface area contributed by atoms with Crippen LogP contribution >= 0.6 is 11.8 Å². The number of nitrogens with zero attached hydrogens (tertiary/aromatic N) is 3. The predicted octanol–water partition coefficient (Wildman–Crippen LogP) is 2.08. The maximum atomic E-state index is 12.3. The molecule has 0 aliphatic carbocycles. The zero-order chi connectivity index (χ0) is 18.5. The number of hydrogen-bond donors (Lipinski definition) is 3. The van der Waals surface area contributed by atoms with Gasteiger partial charge in [0.15, 0.2) is 5.82 Å². The van der Waals surface area contributed by atoms with E-state index in [0.717, 1.165) is 5.56 Å². The monoisotopic (exact) mass is 368 g/mol. The number of amides is 2. The molecular formula is C17H16N6O2S. The Hall–Kier alpha value is -3.20. The summed E-state index contributed by atoms with van der Waals surface area (Å²) in [7, 11) is 0. The molecule has 132 valence electrons. The minimum atomic E-state index is -0.513. The van der Waals surface area contributed by atoms with Crippen molar-refractivity contribution < 1.29 is 9.59 Å². The Labute approximate surface area is 153 Å². The third kappa shape index (κ3) is 4.25. The minimum Gasteiger partial charge on any atom is -0.366 e. The molecule has 1 atom stereocenters. The maximum Gasteiger partial charge on any atom is 0.248 e. The molecule has 3 aromatic rings. The van der Waals surface area contributed by atoms with Crippen LogP contribution in [0.4, 0.5) is 5.69 Å². The second kappa shape index (κ2) is 7.79. The molecule has 0 unspecified atom stereocenters. The molecule has 2 amide bonds. The summed E-state index contributed by atoms with van der Waals surface area (Å²) in [6.45, 7) is 1.76. The fourth-order valence-electron chi connectivity index (χ4n) is 2.11. The van der Waals surface area contributed by atoms with Gasteiger partial charge < -0.3 is 11.1 Å². The van der Waals surface area contributed by atoms with Crippen LogP contribution in [0.5, 0.6) is 0 Å². The van der Waals surface area contributed by atoms with Crippen molar-refractivity contribution in [1.82, 2.24) is 20.2 Å². The third-order valence-corrected chi connectivity index (χ3v) is 4.47. The molecule has 0 saturated heterocycles. The number of benzene rings is 1. The first-order valence-corrected chi connectivity index (χ1v) is 8.61. The average molecular weight is 368 g/mol. The molecule has 0 radical (unpaired) electrons. The number of pyridine rings is 1. The highest BCUT2D eigenvalue weighted by molar-refractivity contribution is 8.00. The summed E-state index contributed by atoms with van der Waals surface area (Å²) in [5.74, 6) is -0.0944. The van der Waals surface area contributed by atoms with Gasteiger partial charge in [0.1, 0.15) is 0 Å². The van der Waals surface area contributed by atoms with Gasteiger partial charge in [-0.15, -0.1) is 5.10 Å². The summed E-state index contributed by atoms with van der Waals surface area (Å²) in [5.41, 5.74) is 7.03. The molecule has 2 heterocycles. The average Bonchev–Trinajstić information content (AvgIpc) is 3.11. The van der Waals surface area contributed by atoms with E-state index in [1.54, 1.807) is 43.6 Å². The lowest BCUT2D eigenvalue weighted by atomic mass is 10.2. The van der Waals surface area contributed by atoms with Crippen molar-refractivity contribution in [2.75, 3.05) is 5.32 Å². The zero-order valence-electron chi connectivity index (χ0n) is 13.8. The number of aromatic amines is 1. The number of hydrogen-bond acceptors (Lipinski definition) is 6. The number of H-pyrrole nitrogens is 1. The summed E-state index contributed by atoms with van der Waals surface area (Å²) >= 11 is 1.24. The van der Waals surface area contributed by atoms with Gasteiger partial charge in [0.05, 0.1) is 5.25 Å². The van der Waals surface area contributed by atoms with Crippen LogP contribution in [0.3, 0.4) is 0 Å². The van der Waals surface area contributed by atoms with Crippen LogP contribution in [-0.2, 0) is 4.79 Å². The first-order chi connectivity index (χ1) is 12.5. The zero-order valence-corrected chi connectivity index (χ0v) is 14.7. The van der Waals surface area contributed by atoms with E-state index in [1.165, 1.54) is 11.8 Å². The number of nitrogens with two attached hydrogens (primary N) is 1. The first kappa shape index (κ1) is 17.6. The normalized spacial score (nSPS) is 11.7. The molecule has 9 heteroatoms. The number of anilines is 1. The van der Waals surface area contributed by atoms with Gasteiger partial charge in [0.25, 0.3) is 0 Å². The highest BCUT2D eigenvalue weighted by atomic mass is 32.2. The van der Waals surface area contributed by atoms with E-state index >= 15 is 0 Å². The molecule has 26 heavy (non-hydrogen) atoms. The van der Waals surface area contributed by atoms with Gasteiger partial charge in [0, 0.05) is 29.2 Å². The highest BCUT2D eigenvalue weighted by Crippen LogP contribution is 2.23. The van der Waals surface area contributed by atoms with Crippen molar-refractivity contribution in [1.29, 1.82) is 0 Å². The number of nitrogens with one attached hydrogen (secondary N) is 2. The van der Waals surface area contributed by atoms with Gasteiger partial charge in [-0.2, -0.15) is 0 Å². The van der Waals surface area contributed by atoms with Gasteiger partial charge in [0.2, 0.25) is 17.0 Å². The molecule has 0 fully saturated rings. The van der Waals surface area contributed by atoms with Crippen LogP contribution in [0.2, 0.25) is 0 Å². The molecule has 0 spiro atoms. The van der Waals surface area contributed by atoms with Gasteiger partial charge >= 0.3 is 0 Å². The number of primary amides is 1. The Morgan fingerprint density at radius 2 is 1.85 bits per heavy atom. The highest BCUT2D eigenvalue weighted by Gasteiger charge is 2.17.